The molecule has 0 aliphatic carbocycles. The van der Waals surface area contributed by atoms with Gasteiger partial charge >= 0.3 is 0 Å². The predicted molar refractivity (Wildman–Crippen MR) is 247 cm³/mol. The number of nitrogens with zero attached hydrogens (tertiary/aromatic N) is 4. The van der Waals surface area contributed by atoms with Crippen LogP contribution in [0.2, 0.25) is 0 Å². The molecule has 2 heterocycles. The number of aromatic nitrogens is 2. The quantitative estimate of drug-likeness (QED) is 0.0846. The number of nitrogens with one attached hydrogen (secondary N) is 4. The first-order valence-corrected chi connectivity index (χ1v) is 21.8. The van der Waals surface area contributed by atoms with Gasteiger partial charge in [-0.3, -0.25) is 24.0 Å². The molecule has 0 radical (unpaired) electrons. The Morgan fingerprint density at radius 1 is 0.939 bits per heavy atom. The Kier molecular flexibility index (Phi) is 16.8. The molecule has 0 spiro atoms. The Morgan fingerprint density at radius 3 is 2.27 bits per heavy atom. The fourth-order valence-corrected chi connectivity index (χ4v) is 7.43. The van der Waals surface area contributed by atoms with Crippen LogP contribution in [0.5, 0.6) is 17.2 Å². The standard InChI is InChI=1S/C48H60N10O8/c1-27-40(28(2)54-42(53-27)31-9-12-33(13-10-31)65-22-17-48(4,5)6)45(62)56-36(16-18-49)47(64)58(7)41-32-11-14-38(59)34(26-32)35-24-30(8-15-39(35)66-23-20-51)25-37(44(61)52-21-19-50)57-43(60)29(3)55-46(41)63/h8-15,24,26,29,36-37,41,59H,16-18,20-23,25,49,51H2,1-7H3,(H,52,61)(H,55,63)(H,56,62)(H,57,60)/t29-,36-,37-,41-/m0/s1. The van der Waals surface area contributed by atoms with Crippen LogP contribution in [0, 0.1) is 30.6 Å². The number of aryl methyl sites for hydroxylation is 2. The van der Waals surface area contributed by atoms with Gasteiger partial charge in [0, 0.05) is 36.7 Å². The third kappa shape index (κ3) is 12.6. The van der Waals surface area contributed by atoms with Gasteiger partial charge in [-0.05, 0) is 105 Å². The van der Waals surface area contributed by atoms with E-state index in [1.807, 2.05) is 30.3 Å². The van der Waals surface area contributed by atoms with Crippen molar-refractivity contribution in [2.45, 2.75) is 85.0 Å². The zero-order valence-electron chi connectivity index (χ0n) is 38.5. The molecule has 1 aliphatic heterocycles. The highest BCUT2D eigenvalue weighted by molar-refractivity contribution is 6.00. The average molecular weight is 905 g/mol. The highest BCUT2D eigenvalue weighted by atomic mass is 16.5. The Balaban J connectivity index is 1.48. The topological polar surface area (TPSA) is 277 Å². The summed E-state index contributed by atoms with van der Waals surface area (Å²) in [6.45, 7) is 11.8. The van der Waals surface area contributed by atoms with Gasteiger partial charge in [0.2, 0.25) is 23.6 Å². The van der Waals surface area contributed by atoms with Crippen molar-refractivity contribution >= 4 is 29.5 Å². The van der Waals surface area contributed by atoms with Gasteiger partial charge in [-0.25, -0.2) is 9.97 Å². The van der Waals surface area contributed by atoms with Crippen LogP contribution in [0.3, 0.4) is 0 Å². The zero-order valence-corrected chi connectivity index (χ0v) is 38.5. The number of phenols is 1. The van der Waals surface area contributed by atoms with Crippen molar-refractivity contribution in [3.63, 3.8) is 0 Å². The minimum Gasteiger partial charge on any atom is -0.507 e. The average Bonchev–Trinajstić information content (AvgIpc) is 3.26. The van der Waals surface area contributed by atoms with Crippen molar-refractivity contribution in [2.75, 3.05) is 39.9 Å². The molecule has 0 saturated heterocycles. The normalized spacial score (nSPS) is 16.6. The van der Waals surface area contributed by atoms with E-state index in [0.717, 1.165) is 11.3 Å². The monoisotopic (exact) mass is 904 g/mol. The van der Waals surface area contributed by atoms with Crippen LogP contribution in [-0.4, -0.2) is 108 Å². The maximum atomic E-state index is 14.6. The second-order valence-corrected chi connectivity index (χ2v) is 17.3. The molecule has 0 saturated carbocycles. The summed E-state index contributed by atoms with van der Waals surface area (Å²) in [5.74, 6) is -2.24. The number of hydrogen-bond acceptors (Lipinski definition) is 13. The Morgan fingerprint density at radius 2 is 1.64 bits per heavy atom. The maximum absolute atomic E-state index is 14.6. The van der Waals surface area contributed by atoms with Crippen LogP contribution in [0.1, 0.15) is 79.5 Å². The van der Waals surface area contributed by atoms with E-state index in [9.17, 15) is 29.1 Å². The summed E-state index contributed by atoms with van der Waals surface area (Å²) in [5.41, 5.74) is 14.9. The minimum absolute atomic E-state index is 0.0176. The Bertz CT molecular complexity index is 2440. The van der Waals surface area contributed by atoms with Crippen molar-refractivity contribution < 1.29 is 38.6 Å². The van der Waals surface area contributed by atoms with E-state index < -0.39 is 53.7 Å². The number of ether oxygens (including phenoxy) is 2. The fourth-order valence-electron chi connectivity index (χ4n) is 7.43. The smallest absolute Gasteiger partial charge is 0.255 e. The molecular weight excluding hydrogens is 845 g/mol. The van der Waals surface area contributed by atoms with Crippen LogP contribution in [0.4, 0.5) is 0 Å². The Labute approximate surface area is 384 Å². The van der Waals surface area contributed by atoms with Crippen LogP contribution < -0.4 is 42.2 Å². The van der Waals surface area contributed by atoms with E-state index in [0.29, 0.717) is 52.0 Å². The van der Waals surface area contributed by atoms with Crippen molar-refractivity contribution in [3.05, 3.63) is 88.7 Å². The summed E-state index contributed by atoms with van der Waals surface area (Å²) in [6.07, 6.45) is 0.842. The molecule has 350 valence electrons. The minimum atomic E-state index is -1.44. The van der Waals surface area contributed by atoms with Crippen LogP contribution in [0.15, 0.2) is 60.7 Å². The summed E-state index contributed by atoms with van der Waals surface area (Å²) in [5, 5.41) is 31.0. The molecule has 0 fully saturated rings. The van der Waals surface area contributed by atoms with Gasteiger partial charge in [-0.15, -0.1) is 0 Å². The molecule has 18 heteroatoms. The van der Waals surface area contributed by atoms with Gasteiger partial charge < -0.3 is 52.2 Å². The highest BCUT2D eigenvalue weighted by Crippen LogP contribution is 2.39. The number of amides is 5. The van der Waals surface area contributed by atoms with Gasteiger partial charge in [-0.2, -0.15) is 5.26 Å². The number of carbonyl (C=O) groups is 5. The largest absolute Gasteiger partial charge is 0.507 e. The molecule has 4 bridgehead atoms. The van der Waals surface area contributed by atoms with E-state index >= 15 is 0 Å². The summed E-state index contributed by atoms with van der Waals surface area (Å²) in [7, 11) is 1.38. The van der Waals surface area contributed by atoms with Crippen molar-refractivity contribution in [1.82, 2.24) is 36.1 Å². The van der Waals surface area contributed by atoms with Crippen molar-refractivity contribution in [2.24, 2.45) is 16.9 Å². The van der Waals surface area contributed by atoms with Crippen molar-refractivity contribution in [1.29, 1.82) is 5.26 Å². The number of aromatic hydroxyl groups is 1. The molecule has 1 aromatic heterocycles. The maximum Gasteiger partial charge on any atom is 0.255 e. The van der Waals surface area contributed by atoms with E-state index in [4.69, 9.17) is 26.2 Å². The molecule has 5 rings (SSSR count). The lowest BCUT2D eigenvalue weighted by Crippen LogP contribution is -2.56. The van der Waals surface area contributed by atoms with Crippen LogP contribution in [0.25, 0.3) is 22.5 Å². The summed E-state index contributed by atoms with van der Waals surface area (Å²) in [6, 6.07) is 13.5. The van der Waals surface area contributed by atoms with E-state index in [2.05, 4.69) is 52.0 Å². The number of hydrogen-bond donors (Lipinski definition) is 7. The number of nitrogens with two attached hydrogens (primary N) is 2. The number of phenolic OH excluding ortho intramolecular Hbond substituents is 1. The molecule has 18 nitrogen and oxygen atoms in total. The highest BCUT2D eigenvalue weighted by Gasteiger charge is 2.36. The van der Waals surface area contributed by atoms with Gasteiger partial charge in [0.1, 0.15) is 54.6 Å². The molecule has 0 unspecified atom stereocenters. The first kappa shape index (κ1) is 49.9. The van der Waals surface area contributed by atoms with Gasteiger partial charge in [-0.1, -0.05) is 32.9 Å². The molecule has 9 N–H and O–H groups in total. The first-order valence-electron chi connectivity index (χ1n) is 21.8. The van der Waals surface area contributed by atoms with E-state index in [-0.39, 0.29) is 66.9 Å². The molecule has 4 atom stereocenters. The third-order valence-electron chi connectivity index (χ3n) is 11.0. The number of nitriles is 1. The molecule has 3 aromatic carbocycles. The number of carbonyl (C=O) groups excluding carboxylic acids is 5. The molecule has 66 heavy (non-hydrogen) atoms. The SMILES string of the molecule is Cc1nc(-c2ccc(OCCC(C)(C)C)cc2)nc(C)c1C(=O)N[C@@H](CCN)C(=O)N(C)[C@@H]1C(=O)N[C@@H](C)C(=O)N[C@H](C(=O)NCC#N)Cc2ccc(OCCN)c(c2)-c2cc1ccc2O. The molecule has 4 aromatic rings. The number of likely N-dealkylation sites (N-methyl/N-ethyl adjacent to an activating group) is 1. The van der Waals surface area contributed by atoms with Crippen LogP contribution >= 0.6 is 0 Å². The zero-order chi connectivity index (χ0) is 48.3. The lowest BCUT2D eigenvalue weighted by atomic mass is 9.93. The summed E-state index contributed by atoms with van der Waals surface area (Å²) in [4.78, 5) is 80.4. The summed E-state index contributed by atoms with van der Waals surface area (Å²) >= 11 is 0. The van der Waals surface area contributed by atoms with Gasteiger partial charge in [0.15, 0.2) is 5.82 Å². The number of fused-ring (bicyclic) bond motifs is 5. The Hall–Kier alpha value is -7.10. The first-order chi connectivity index (χ1) is 31.3. The number of rotatable bonds is 15. The second-order valence-electron chi connectivity index (χ2n) is 17.3. The van der Waals surface area contributed by atoms with Gasteiger partial charge in [0.25, 0.3) is 5.91 Å². The van der Waals surface area contributed by atoms with E-state index in [1.165, 1.54) is 32.2 Å². The van der Waals surface area contributed by atoms with Crippen molar-refractivity contribution in [3.8, 4) is 45.8 Å². The number of benzene rings is 3. The third-order valence-corrected chi connectivity index (χ3v) is 11.0. The molecule has 5 amide bonds. The predicted octanol–water partition coefficient (Wildman–Crippen LogP) is 3.12. The summed E-state index contributed by atoms with van der Waals surface area (Å²) < 4.78 is 11.9. The van der Waals surface area contributed by atoms with E-state index in [1.54, 1.807) is 32.0 Å². The van der Waals surface area contributed by atoms with Crippen LogP contribution in [-0.2, 0) is 25.6 Å². The van der Waals surface area contributed by atoms with Gasteiger partial charge in [0.05, 0.1) is 29.6 Å². The molecular formula is C48H60N10O8. The lowest BCUT2D eigenvalue weighted by Gasteiger charge is -2.32. The second kappa shape index (κ2) is 22.2. The molecule has 1 aliphatic rings. The lowest BCUT2D eigenvalue weighted by molar-refractivity contribution is -0.141. The fraction of sp³-hybridized carbons (Fsp3) is 0.417.